The molecule has 0 rings (SSSR count). The van der Waals surface area contributed by atoms with Gasteiger partial charge in [0, 0.05) is 17.2 Å². The molecule has 0 saturated heterocycles. The van der Waals surface area contributed by atoms with Crippen molar-refractivity contribution in [1.29, 1.82) is 0 Å². The Balaban J connectivity index is 5.44. The lowest BCUT2D eigenvalue weighted by Crippen LogP contribution is -2.50. The van der Waals surface area contributed by atoms with Crippen molar-refractivity contribution < 1.29 is 18.3 Å². The number of carboxylic acid groups (broad SMARTS) is 1. The zero-order valence-corrected chi connectivity index (χ0v) is 13.4. The second kappa shape index (κ2) is 6.41. The first-order valence-electron chi connectivity index (χ1n) is 6.25. The van der Waals surface area contributed by atoms with E-state index in [9.17, 15) is 18.3 Å². The van der Waals surface area contributed by atoms with E-state index in [0.717, 1.165) is 11.7 Å². The zero-order chi connectivity index (χ0) is 15.4. The summed E-state index contributed by atoms with van der Waals surface area (Å²) in [5.74, 6) is 0.262. The van der Waals surface area contributed by atoms with E-state index < -0.39 is 27.5 Å². The molecule has 0 radical (unpaired) electrons. The van der Waals surface area contributed by atoms with Crippen molar-refractivity contribution in [2.75, 3.05) is 6.26 Å². The summed E-state index contributed by atoms with van der Waals surface area (Å²) in [5.41, 5.74) is -0.590. The van der Waals surface area contributed by atoms with Gasteiger partial charge < -0.3 is 5.11 Å². The van der Waals surface area contributed by atoms with Crippen LogP contribution in [0.4, 0.5) is 4.79 Å². The van der Waals surface area contributed by atoms with Crippen LogP contribution in [-0.2, 0) is 9.84 Å². The van der Waals surface area contributed by atoms with Gasteiger partial charge >= 0.3 is 6.09 Å². The van der Waals surface area contributed by atoms with Gasteiger partial charge in [-0.05, 0) is 33.1 Å². The Morgan fingerprint density at radius 1 is 1.32 bits per heavy atom. The van der Waals surface area contributed by atoms with Gasteiger partial charge in [0.15, 0.2) is 9.84 Å². The van der Waals surface area contributed by atoms with Gasteiger partial charge in [-0.3, -0.25) is 4.90 Å². The van der Waals surface area contributed by atoms with Crippen molar-refractivity contribution in [3.8, 4) is 0 Å². The average molecular weight is 291 g/mol. The Morgan fingerprint density at radius 2 is 1.79 bits per heavy atom. The highest BCUT2D eigenvalue weighted by Crippen LogP contribution is 2.23. The summed E-state index contributed by atoms with van der Waals surface area (Å²) < 4.78 is 22.4. The van der Waals surface area contributed by atoms with Gasteiger partial charge in [-0.25, -0.2) is 13.2 Å². The summed E-state index contributed by atoms with van der Waals surface area (Å²) in [4.78, 5) is 12.7. The molecule has 112 valence electrons. The normalized spacial score (nSPS) is 14.9. The third-order valence-electron chi connectivity index (χ3n) is 2.52. The molecule has 0 aromatic rings. The van der Waals surface area contributed by atoms with Gasteiger partial charge in [-0.2, -0.15) is 0 Å². The number of hydrogen-bond acceptors (Lipinski definition) is 3. The monoisotopic (exact) mass is 291 g/mol. The van der Waals surface area contributed by atoms with E-state index in [-0.39, 0.29) is 5.92 Å². The third-order valence-corrected chi connectivity index (χ3v) is 3.17. The molecule has 0 aliphatic rings. The maximum absolute atomic E-state index is 11.4. The first-order chi connectivity index (χ1) is 8.34. The van der Waals surface area contributed by atoms with Crippen LogP contribution in [-0.4, -0.2) is 42.4 Å². The van der Waals surface area contributed by atoms with Crippen molar-refractivity contribution in [1.82, 2.24) is 4.90 Å². The molecule has 0 aromatic heterocycles. The van der Waals surface area contributed by atoms with Crippen molar-refractivity contribution >= 4 is 15.9 Å². The second-order valence-electron chi connectivity index (χ2n) is 6.18. The average Bonchev–Trinajstić information content (AvgIpc) is 2.08. The summed E-state index contributed by atoms with van der Waals surface area (Å²) in [7, 11) is -3.26. The molecular weight excluding hydrogens is 266 g/mol. The molecular formula is C13H25NO4S. The molecule has 0 fully saturated rings. The van der Waals surface area contributed by atoms with E-state index in [4.69, 9.17) is 0 Å². The van der Waals surface area contributed by atoms with Crippen LogP contribution < -0.4 is 0 Å². The predicted octanol–water partition coefficient (Wildman–Crippen LogP) is 2.74. The summed E-state index contributed by atoms with van der Waals surface area (Å²) in [6.45, 7) is 9.34. The predicted molar refractivity (Wildman–Crippen MR) is 76.8 cm³/mol. The molecule has 1 N–H and O–H groups in total. The molecule has 0 bridgehead atoms. The van der Waals surface area contributed by atoms with E-state index in [1.165, 1.54) is 11.0 Å². The van der Waals surface area contributed by atoms with Gasteiger partial charge in [0.25, 0.3) is 0 Å². The molecule has 0 aliphatic heterocycles. The van der Waals surface area contributed by atoms with E-state index in [2.05, 4.69) is 0 Å². The molecule has 1 amide bonds. The van der Waals surface area contributed by atoms with Crippen LogP contribution >= 0.6 is 0 Å². The summed E-state index contributed by atoms with van der Waals surface area (Å²) >= 11 is 0. The van der Waals surface area contributed by atoms with E-state index in [1.807, 2.05) is 13.8 Å². The number of nitrogens with zero attached hydrogens (tertiary/aromatic N) is 1. The fraction of sp³-hybridized carbons (Fsp3) is 0.769. The molecule has 0 aromatic carbocycles. The molecule has 0 spiro atoms. The summed E-state index contributed by atoms with van der Waals surface area (Å²) in [6.07, 6.45) is 2.10. The maximum Gasteiger partial charge on any atom is 0.408 e. The van der Waals surface area contributed by atoms with Gasteiger partial charge in [0.05, 0.1) is 6.04 Å². The fourth-order valence-corrected chi connectivity index (χ4v) is 2.38. The molecule has 6 heteroatoms. The highest BCUT2D eigenvalue weighted by atomic mass is 32.2. The first-order valence-corrected chi connectivity index (χ1v) is 8.20. The molecule has 5 nitrogen and oxygen atoms in total. The zero-order valence-electron chi connectivity index (χ0n) is 12.5. The Labute approximate surface area is 116 Å². The number of hydrogen-bond donors (Lipinski definition) is 1. The van der Waals surface area contributed by atoms with Crippen LogP contribution in [0.25, 0.3) is 0 Å². The lowest BCUT2D eigenvalue weighted by Gasteiger charge is -2.39. The van der Waals surface area contributed by atoms with Crippen molar-refractivity contribution in [3.05, 3.63) is 11.5 Å². The number of amides is 1. The first kappa shape index (κ1) is 18.0. The summed E-state index contributed by atoms with van der Waals surface area (Å²) in [5, 5.41) is 10.4. The minimum absolute atomic E-state index is 0.262. The van der Waals surface area contributed by atoms with Crippen LogP contribution in [0, 0.1) is 5.92 Å². The Morgan fingerprint density at radius 3 is 2.05 bits per heavy atom. The van der Waals surface area contributed by atoms with E-state index >= 15 is 0 Å². The van der Waals surface area contributed by atoms with Crippen molar-refractivity contribution in [3.63, 3.8) is 0 Å². The van der Waals surface area contributed by atoms with Gasteiger partial charge in [-0.1, -0.05) is 19.9 Å². The number of rotatable bonds is 5. The van der Waals surface area contributed by atoms with E-state index in [0.29, 0.717) is 6.42 Å². The molecule has 0 heterocycles. The van der Waals surface area contributed by atoms with Crippen LogP contribution in [0.3, 0.4) is 0 Å². The van der Waals surface area contributed by atoms with Gasteiger partial charge in [-0.15, -0.1) is 0 Å². The lowest BCUT2D eigenvalue weighted by molar-refractivity contribution is 0.0774. The third kappa shape index (κ3) is 7.20. The van der Waals surface area contributed by atoms with Crippen LogP contribution in [0.15, 0.2) is 11.5 Å². The maximum atomic E-state index is 11.4. The van der Waals surface area contributed by atoms with Crippen molar-refractivity contribution in [2.24, 2.45) is 5.92 Å². The Bertz CT molecular complexity index is 432. The highest BCUT2D eigenvalue weighted by Gasteiger charge is 2.32. The quantitative estimate of drug-likeness (QED) is 0.845. The Kier molecular flexibility index (Phi) is 6.06. The van der Waals surface area contributed by atoms with Crippen LogP contribution in [0.5, 0.6) is 0 Å². The van der Waals surface area contributed by atoms with Crippen LogP contribution in [0.1, 0.15) is 41.0 Å². The minimum atomic E-state index is -3.26. The van der Waals surface area contributed by atoms with Crippen molar-refractivity contribution in [2.45, 2.75) is 52.6 Å². The Hall–Kier alpha value is -1.04. The second-order valence-corrected chi connectivity index (χ2v) is 8.11. The molecule has 0 saturated carbocycles. The lowest BCUT2D eigenvalue weighted by atomic mass is 9.97. The number of sulfone groups is 1. The van der Waals surface area contributed by atoms with Gasteiger partial charge in [0.1, 0.15) is 0 Å². The largest absolute Gasteiger partial charge is 0.465 e. The fourth-order valence-electron chi connectivity index (χ4n) is 1.91. The van der Waals surface area contributed by atoms with Crippen LogP contribution in [0.2, 0.25) is 0 Å². The standard InChI is InChI=1S/C13H25NO4S/c1-10(2)9-11(7-8-19(6,17)18)14(12(15)16)13(3,4)5/h7-8,10-11H,9H2,1-6H3,(H,15,16)/t11-/m1/s1. The number of carbonyl (C=O) groups is 1. The molecule has 0 aliphatic carbocycles. The minimum Gasteiger partial charge on any atom is -0.465 e. The highest BCUT2D eigenvalue weighted by molar-refractivity contribution is 7.93. The smallest absolute Gasteiger partial charge is 0.408 e. The van der Waals surface area contributed by atoms with Gasteiger partial charge in [0.2, 0.25) is 0 Å². The topological polar surface area (TPSA) is 74.7 Å². The molecule has 19 heavy (non-hydrogen) atoms. The SMILES string of the molecule is CC(C)C[C@@H](C=CS(C)(=O)=O)N(C(=O)O)C(C)(C)C. The molecule has 1 atom stereocenters. The molecule has 0 unspecified atom stereocenters. The van der Waals surface area contributed by atoms with E-state index in [1.54, 1.807) is 20.8 Å². The summed E-state index contributed by atoms with van der Waals surface area (Å²) in [6, 6.07) is -0.452.